The number of hydrogen-bond acceptors (Lipinski definition) is 3. The summed E-state index contributed by atoms with van der Waals surface area (Å²) in [4.78, 5) is 7.20. The topological polar surface area (TPSA) is 49.6 Å². The van der Waals surface area contributed by atoms with Gasteiger partial charge in [0, 0.05) is 6.42 Å². The van der Waals surface area contributed by atoms with E-state index in [-0.39, 0.29) is 17.8 Å². The van der Waals surface area contributed by atoms with Gasteiger partial charge >= 0.3 is 0 Å². The van der Waals surface area contributed by atoms with Crippen molar-refractivity contribution in [2.75, 3.05) is 0 Å². The largest absolute Gasteiger partial charge is 0.238 e. The standard InChI is InChI=1S/C12H7F2N3/c13-9-4-2-1-3-8(9)5-10-12(14)11(6-15)17-7-16-10/h1-4,7H,5H2. The average molecular weight is 231 g/mol. The van der Waals surface area contributed by atoms with Gasteiger partial charge in [-0.1, -0.05) is 18.2 Å². The Balaban J connectivity index is 2.38. The molecule has 1 heterocycles. The normalized spacial score (nSPS) is 9.94. The molecule has 0 fully saturated rings. The van der Waals surface area contributed by atoms with Crippen molar-refractivity contribution in [3.05, 3.63) is 59.2 Å². The van der Waals surface area contributed by atoms with Gasteiger partial charge in [-0.3, -0.25) is 0 Å². The summed E-state index contributed by atoms with van der Waals surface area (Å²) in [6.07, 6.45) is 1.09. The third-order valence-electron chi connectivity index (χ3n) is 2.28. The zero-order valence-corrected chi connectivity index (χ0v) is 8.69. The van der Waals surface area contributed by atoms with Gasteiger partial charge in [0.15, 0.2) is 11.5 Å². The second-order valence-corrected chi connectivity index (χ2v) is 3.36. The van der Waals surface area contributed by atoms with Crippen LogP contribution in [-0.2, 0) is 6.42 Å². The Morgan fingerprint density at radius 3 is 2.65 bits per heavy atom. The molecule has 1 aromatic carbocycles. The third kappa shape index (κ3) is 2.26. The molecule has 0 spiro atoms. The molecule has 5 heteroatoms. The molecule has 2 rings (SSSR count). The molecule has 0 aliphatic heterocycles. The second-order valence-electron chi connectivity index (χ2n) is 3.36. The molecule has 0 bridgehead atoms. The molecule has 1 aromatic heterocycles. The highest BCUT2D eigenvalue weighted by Crippen LogP contribution is 2.14. The van der Waals surface area contributed by atoms with Crippen LogP contribution in [-0.4, -0.2) is 9.97 Å². The maximum atomic E-state index is 13.6. The number of halogens is 2. The molecule has 0 aliphatic rings. The zero-order valence-electron chi connectivity index (χ0n) is 8.69. The molecule has 0 amide bonds. The highest BCUT2D eigenvalue weighted by molar-refractivity contribution is 5.28. The van der Waals surface area contributed by atoms with Crippen LogP contribution < -0.4 is 0 Å². The number of hydrogen-bond donors (Lipinski definition) is 0. The highest BCUT2D eigenvalue weighted by atomic mass is 19.1. The van der Waals surface area contributed by atoms with E-state index in [1.807, 2.05) is 0 Å². The molecule has 0 saturated carbocycles. The number of nitrogens with zero attached hydrogens (tertiary/aromatic N) is 3. The molecule has 2 aromatic rings. The predicted molar refractivity (Wildman–Crippen MR) is 55.9 cm³/mol. The minimum absolute atomic E-state index is 0.00426. The van der Waals surface area contributed by atoms with Crippen molar-refractivity contribution in [1.82, 2.24) is 9.97 Å². The Bertz CT molecular complexity index is 591. The zero-order chi connectivity index (χ0) is 12.3. The van der Waals surface area contributed by atoms with Crippen LogP contribution in [0.1, 0.15) is 17.0 Å². The van der Waals surface area contributed by atoms with Crippen molar-refractivity contribution in [1.29, 1.82) is 5.26 Å². The first-order valence-corrected chi connectivity index (χ1v) is 4.85. The van der Waals surface area contributed by atoms with Crippen LogP contribution >= 0.6 is 0 Å². The van der Waals surface area contributed by atoms with Crippen LogP contribution in [0.5, 0.6) is 0 Å². The Labute approximate surface area is 96.4 Å². The van der Waals surface area contributed by atoms with Gasteiger partial charge in [0.1, 0.15) is 18.2 Å². The van der Waals surface area contributed by atoms with E-state index >= 15 is 0 Å². The summed E-state index contributed by atoms with van der Waals surface area (Å²) < 4.78 is 27.0. The molecule has 0 N–H and O–H groups in total. The predicted octanol–water partition coefficient (Wildman–Crippen LogP) is 2.22. The van der Waals surface area contributed by atoms with Gasteiger partial charge in [0.25, 0.3) is 0 Å². The quantitative estimate of drug-likeness (QED) is 0.796. The van der Waals surface area contributed by atoms with Crippen LogP contribution in [0.15, 0.2) is 30.6 Å². The van der Waals surface area contributed by atoms with Crippen LogP contribution in [0, 0.1) is 23.0 Å². The van der Waals surface area contributed by atoms with Gasteiger partial charge in [0.2, 0.25) is 0 Å². The first-order valence-electron chi connectivity index (χ1n) is 4.85. The lowest BCUT2D eigenvalue weighted by Crippen LogP contribution is -2.02. The molecule has 0 aliphatic carbocycles. The molecule has 84 valence electrons. The van der Waals surface area contributed by atoms with Crippen molar-refractivity contribution < 1.29 is 8.78 Å². The Hall–Kier alpha value is -2.35. The van der Waals surface area contributed by atoms with E-state index < -0.39 is 11.6 Å². The lowest BCUT2D eigenvalue weighted by atomic mass is 10.1. The molecular weight excluding hydrogens is 224 g/mol. The van der Waals surface area contributed by atoms with Gasteiger partial charge in [0.05, 0.1) is 5.69 Å². The summed E-state index contributed by atoms with van der Waals surface area (Å²) in [6.45, 7) is 0. The first-order chi connectivity index (χ1) is 8.22. The molecule has 0 unspecified atom stereocenters. The number of nitriles is 1. The summed E-state index contributed by atoms with van der Waals surface area (Å²) in [5.41, 5.74) is 0.0157. The molecule has 3 nitrogen and oxygen atoms in total. The van der Waals surface area contributed by atoms with Gasteiger partial charge < -0.3 is 0 Å². The van der Waals surface area contributed by atoms with E-state index in [4.69, 9.17) is 5.26 Å². The Morgan fingerprint density at radius 1 is 1.18 bits per heavy atom. The Kier molecular flexibility index (Phi) is 3.06. The van der Waals surface area contributed by atoms with E-state index in [0.29, 0.717) is 5.56 Å². The summed E-state index contributed by atoms with van der Waals surface area (Å²) in [7, 11) is 0. The van der Waals surface area contributed by atoms with Crippen LogP contribution in [0.2, 0.25) is 0 Å². The van der Waals surface area contributed by atoms with Crippen LogP contribution in [0.25, 0.3) is 0 Å². The smallest absolute Gasteiger partial charge is 0.181 e. The maximum Gasteiger partial charge on any atom is 0.181 e. The van der Waals surface area contributed by atoms with Gasteiger partial charge in [-0.05, 0) is 11.6 Å². The lowest BCUT2D eigenvalue weighted by Gasteiger charge is -2.03. The maximum absolute atomic E-state index is 13.6. The van der Waals surface area contributed by atoms with Gasteiger partial charge in [-0.25, -0.2) is 18.7 Å². The van der Waals surface area contributed by atoms with E-state index in [0.717, 1.165) is 6.33 Å². The molecule has 0 radical (unpaired) electrons. The van der Waals surface area contributed by atoms with Crippen molar-refractivity contribution in [2.24, 2.45) is 0 Å². The summed E-state index contributed by atoms with van der Waals surface area (Å²) in [6, 6.07) is 7.66. The van der Waals surface area contributed by atoms with E-state index in [9.17, 15) is 8.78 Å². The van der Waals surface area contributed by atoms with Gasteiger partial charge in [-0.2, -0.15) is 5.26 Å². The molecule has 17 heavy (non-hydrogen) atoms. The SMILES string of the molecule is N#Cc1ncnc(Cc2ccccc2F)c1F. The average Bonchev–Trinajstić information content (AvgIpc) is 2.34. The minimum Gasteiger partial charge on any atom is -0.238 e. The number of rotatable bonds is 2. The Morgan fingerprint density at radius 2 is 1.94 bits per heavy atom. The fourth-order valence-electron chi connectivity index (χ4n) is 1.43. The molecular formula is C12H7F2N3. The monoisotopic (exact) mass is 231 g/mol. The third-order valence-corrected chi connectivity index (χ3v) is 2.28. The van der Waals surface area contributed by atoms with Crippen molar-refractivity contribution >= 4 is 0 Å². The lowest BCUT2D eigenvalue weighted by molar-refractivity contribution is 0.581. The second kappa shape index (κ2) is 4.66. The van der Waals surface area contributed by atoms with Crippen LogP contribution in [0.4, 0.5) is 8.78 Å². The van der Waals surface area contributed by atoms with E-state index in [1.54, 1.807) is 24.3 Å². The fourth-order valence-corrected chi connectivity index (χ4v) is 1.43. The minimum atomic E-state index is -0.793. The van der Waals surface area contributed by atoms with Crippen molar-refractivity contribution in [2.45, 2.75) is 6.42 Å². The summed E-state index contributed by atoms with van der Waals surface area (Å²) >= 11 is 0. The number of aromatic nitrogens is 2. The van der Waals surface area contributed by atoms with E-state index in [2.05, 4.69) is 9.97 Å². The molecule has 0 atom stereocenters. The number of benzene rings is 1. The summed E-state index contributed by atoms with van der Waals surface area (Å²) in [5.74, 6) is -1.22. The van der Waals surface area contributed by atoms with E-state index in [1.165, 1.54) is 6.07 Å². The van der Waals surface area contributed by atoms with Crippen molar-refractivity contribution in [3.8, 4) is 6.07 Å². The van der Waals surface area contributed by atoms with Crippen LogP contribution in [0.3, 0.4) is 0 Å². The van der Waals surface area contributed by atoms with Gasteiger partial charge in [-0.15, -0.1) is 0 Å². The molecule has 0 saturated heterocycles. The fraction of sp³-hybridized carbons (Fsp3) is 0.0833. The highest BCUT2D eigenvalue weighted by Gasteiger charge is 2.12. The van der Waals surface area contributed by atoms with Crippen molar-refractivity contribution in [3.63, 3.8) is 0 Å². The first kappa shape index (κ1) is 11.1. The summed E-state index contributed by atoms with van der Waals surface area (Å²) in [5, 5.41) is 8.61.